The highest BCUT2D eigenvalue weighted by molar-refractivity contribution is 7.98. The minimum absolute atomic E-state index is 0.113. The van der Waals surface area contributed by atoms with Crippen LogP contribution in [-0.2, 0) is 10.0 Å². The van der Waals surface area contributed by atoms with Crippen molar-refractivity contribution in [1.29, 1.82) is 0 Å². The van der Waals surface area contributed by atoms with Gasteiger partial charge in [0.25, 0.3) is 0 Å². The molecule has 0 spiro atoms. The Morgan fingerprint density at radius 3 is 2.86 bits per heavy atom. The number of piperidine rings is 1. The zero-order valence-corrected chi connectivity index (χ0v) is 14.5. The SMILES string of the molecule is CSc1cccc(S(=O)(=O)NCC2NCCCC2(C)C)c1. The summed E-state index contributed by atoms with van der Waals surface area (Å²) in [5.74, 6) is 0. The summed E-state index contributed by atoms with van der Waals surface area (Å²) in [6, 6.07) is 7.22. The summed E-state index contributed by atoms with van der Waals surface area (Å²) in [5.41, 5.74) is 0.113. The van der Waals surface area contributed by atoms with E-state index in [-0.39, 0.29) is 11.5 Å². The molecule has 21 heavy (non-hydrogen) atoms. The summed E-state index contributed by atoms with van der Waals surface area (Å²) in [7, 11) is -3.45. The lowest BCUT2D eigenvalue weighted by Crippen LogP contribution is -2.52. The maximum atomic E-state index is 12.4. The van der Waals surface area contributed by atoms with Crippen LogP contribution in [0.1, 0.15) is 26.7 Å². The predicted octanol–water partition coefficient (Wildman–Crippen LogP) is 2.47. The van der Waals surface area contributed by atoms with Crippen LogP contribution in [0.25, 0.3) is 0 Å². The van der Waals surface area contributed by atoms with Crippen molar-refractivity contribution in [2.24, 2.45) is 5.41 Å². The monoisotopic (exact) mass is 328 g/mol. The lowest BCUT2D eigenvalue weighted by atomic mass is 9.78. The number of hydrogen-bond acceptors (Lipinski definition) is 4. The molecule has 1 fully saturated rings. The quantitative estimate of drug-likeness (QED) is 0.815. The van der Waals surface area contributed by atoms with E-state index in [1.807, 2.05) is 12.3 Å². The lowest BCUT2D eigenvalue weighted by Gasteiger charge is -2.39. The van der Waals surface area contributed by atoms with Crippen molar-refractivity contribution in [3.05, 3.63) is 24.3 Å². The predicted molar refractivity (Wildman–Crippen MR) is 88.2 cm³/mol. The van der Waals surface area contributed by atoms with Crippen LogP contribution >= 0.6 is 11.8 Å². The molecule has 0 amide bonds. The maximum absolute atomic E-state index is 12.4. The Morgan fingerprint density at radius 1 is 1.43 bits per heavy atom. The van der Waals surface area contributed by atoms with Crippen LogP contribution in [0, 0.1) is 5.41 Å². The first-order valence-electron chi connectivity index (χ1n) is 7.22. The minimum Gasteiger partial charge on any atom is -0.312 e. The van der Waals surface area contributed by atoms with Gasteiger partial charge in [0.2, 0.25) is 10.0 Å². The highest BCUT2D eigenvalue weighted by Crippen LogP contribution is 2.30. The number of nitrogens with one attached hydrogen (secondary N) is 2. The molecule has 4 nitrogen and oxygen atoms in total. The molecule has 6 heteroatoms. The largest absolute Gasteiger partial charge is 0.312 e. The van der Waals surface area contributed by atoms with Crippen LogP contribution in [0.4, 0.5) is 0 Å². The van der Waals surface area contributed by atoms with E-state index in [2.05, 4.69) is 23.9 Å². The smallest absolute Gasteiger partial charge is 0.240 e. The first-order valence-corrected chi connectivity index (χ1v) is 9.93. The number of sulfonamides is 1. The Balaban J connectivity index is 2.07. The second kappa shape index (κ2) is 6.69. The van der Waals surface area contributed by atoms with Gasteiger partial charge in [-0.2, -0.15) is 0 Å². The van der Waals surface area contributed by atoms with Gasteiger partial charge in [-0.05, 0) is 49.3 Å². The average molecular weight is 329 g/mol. The van der Waals surface area contributed by atoms with E-state index in [0.29, 0.717) is 11.4 Å². The highest BCUT2D eigenvalue weighted by atomic mass is 32.2. The Bertz CT molecular complexity index is 585. The molecule has 0 saturated carbocycles. The Labute approximate surface area is 132 Å². The summed E-state index contributed by atoms with van der Waals surface area (Å²) in [6.45, 7) is 5.76. The zero-order chi connectivity index (χ0) is 15.5. The third-order valence-electron chi connectivity index (χ3n) is 4.16. The first kappa shape index (κ1) is 16.8. The Morgan fingerprint density at radius 2 is 2.19 bits per heavy atom. The highest BCUT2D eigenvalue weighted by Gasteiger charge is 2.32. The van der Waals surface area contributed by atoms with Gasteiger partial charge in [-0.15, -0.1) is 11.8 Å². The van der Waals surface area contributed by atoms with Gasteiger partial charge in [-0.1, -0.05) is 19.9 Å². The van der Waals surface area contributed by atoms with Crippen molar-refractivity contribution in [2.75, 3.05) is 19.3 Å². The molecular formula is C15H24N2O2S2. The van der Waals surface area contributed by atoms with E-state index in [9.17, 15) is 8.42 Å². The van der Waals surface area contributed by atoms with Crippen molar-refractivity contribution in [2.45, 2.75) is 42.5 Å². The lowest BCUT2D eigenvalue weighted by molar-refractivity contribution is 0.181. The molecule has 118 valence electrons. The fraction of sp³-hybridized carbons (Fsp3) is 0.600. The van der Waals surface area contributed by atoms with Gasteiger partial charge < -0.3 is 5.32 Å². The third kappa shape index (κ3) is 4.22. The van der Waals surface area contributed by atoms with E-state index in [0.717, 1.165) is 24.3 Å². The van der Waals surface area contributed by atoms with Gasteiger partial charge in [-0.3, -0.25) is 0 Å². The number of rotatable bonds is 5. The third-order valence-corrected chi connectivity index (χ3v) is 6.31. The van der Waals surface area contributed by atoms with Crippen molar-refractivity contribution in [3.63, 3.8) is 0 Å². The van der Waals surface area contributed by atoms with Crippen LogP contribution in [0.3, 0.4) is 0 Å². The van der Waals surface area contributed by atoms with Crippen LogP contribution < -0.4 is 10.0 Å². The number of thioether (sulfide) groups is 1. The molecule has 1 aromatic rings. The molecule has 2 N–H and O–H groups in total. The molecular weight excluding hydrogens is 304 g/mol. The van der Waals surface area contributed by atoms with Gasteiger partial charge >= 0.3 is 0 Å². The van der Waals surface area contributed by atoms with Crippen molar-refractivity contribution >= 4 is 21.8 Å². The molecule has 1 heterocycles. The van der Waals surface area contributed by atoms with Crippen molar-refractivity contribution < 1.29 is 8.42 Å². The van der Waals surface area contributed by atoms with E-state index in [1.54, 1.807) is 30.0 Å². The average Bonchev–Trinajstić information content (AvgIpc) is 2.46. The maximum Gasteiger partial charge on any atom is 0.240 e. The van der Waals surface area contributed by atoms with Crippen LogP contribution in [0.2, 0.25) is 0 Å². The van der Waals surface area contributed by atoms with E-state index in [1.165, 1.54) is 0 Å². The van der Waals surface area contributed by atoms with Crippen LogP contribution in [0.15, 0.2) is 34.1 Å². The molecule has 0 aliphatic carbocycles. The van der Waals surface area contributed by atoms with Crippen LogP contribution in [-0.4, -0.2) is 33.8 Å². The van der Waals surface area contributed by atoms with Gasteiger partial charge in [0, 0.05) is 17.5 Å². The summed E-state index contributed by atoms with van der Waals surface area (Å²) in [4.78, 5) is 1.29. The number of benzene rings is 1. The Kier molecular flexibility index (Phi) is 5.35. The van der Waals surface area contributed by atoms with E-state index < -0.39 is 10.0 Å². The molecule has 1 aliphatic heterocycles. The molecule has 0 aromatic heterocycles. The van der Waals surface area contributed by atoms with Gasteiger partial charge in [0.1, 0.15) is 0 Å². The second-order valence-corrected chi connectivity index (χ2v) is 8.78. The molecule has 1 saturated heterocycles. The van der Waals surface area contributed by atoms with Gasteiger partial charge in [-0.25, -0.2) is 13.1 Å². The second-order valence-electron chi connectivity index (χ2n) is 6.13. The minimum atomic E-state index is -3.45. The molecule has 1 unspecified atom stereocenters. The number of hydrogen-bond donors (Lipinski definition) is 2. The normalized spacial score (nSPS) is 22.1. The summed E-state index contributed by atoms with van der Waals surface area (Å²) in [6.07, 6.45) is 4.20. The standard InChI is InChI=1S/C15H24N2O2S2/c1-15(2)8-5-9-16-14(15)11-17-21(18,19)13-7-4-6-12(10-13)20-3/h4,6-7,10,14,16-17H,5,8-9,11H2,1-3H3. The van der Waals surface area contributed by atoms with E-state index in [4.69, 9.17) is 0 Å². The van der Waals surface area contributed by atoms with E-state index >= 15 is 0 Å². The summed E-state index contributed by atoms with van der Waals surface area (Å²) in [5, 5.41) is 3.42. The molecule has 2 rings (SSSR count). The van der Waals surface area contributed by atoms with Gasteiger partial charge in [0.05, 0.1) is 4.90 Å². The van der Waals surface area contributed by atoms with Crippen molar-refractivity contribution in [3.8, 4) is 0 Å². The zero-order valence-electron chi connectivity index (χ0n) is 12.8. The molecule has 1 aromatic carbocycles. The topological polar surface area (TPSA) is 58.2 Å². The molecule has 0 radical (unpaired) electrons. The van der Waals surface area contributed by atoms with Crippen LogP contribution in [0.5, 0.6) is 0 Å². The van der Waals surface area contributed by atoms with Crippen molar-refractivity contribution in [1.82, 2.24) is 10.0 Å². The summed E-state index contributed by atoms with van der Waals surface area (Å²) < 4.78 is 27.6. The molecule has 1 aliphatic rings. The fourth-order valence-corrected chi connectivity index (χ4v) is 4.29. The first-order chi connectivity index (χ1) is 9.85. The molecule has 0 bridgehead atoms. The Hall–Kier alpha value is -0.560. The van der Waals surface area contributed by atoms with Gasteiger partial charge in [0.15, 0.2) is 0 Å². The fourth-order valence-electron chi connectivity index (χ4n) is 2.66. The summed E-state index contributed by atoms with van der Waals surface area (Å²) >= 11 is 1.54. The molecule has 1 atom stereocenters.